The first-order valence-corrected chi connectivity index (χ1v) is 4.32. The molecule has 0 aromatic rings. The molecular formula is C8H15N3O3. The van der Waals surface area contributed by atoms with Gasteiger partial charge in [0.1, 0.15) is 5.78 Å². The lowest BCUT2D eigenvalue weighted by Gasteiger charge is -2.04. The standard InChI is InChI=1S/C8H15N3O3/c1-6(12)2-3-7(13)10-4-5-11-8(9)14/h2-5H2,1H3,(H,10,13)(H3,9,11,14). The Balaban J connectivity index is 3.36. The minimum Gasteiger partial charge on any atom is -0.354 e. The maximum Gasteiger partial charge on any atom is 0.312 e. The molecule has 0 spiro atoms. The number of nitrogens with one attached hydrogen (secondary N) is 2. The topological polar surface area (TPSA) is 101 Å². The summed E-state index contributed by atoms with van der Waals surface area (Å²) >= 11 is 0. The number of hydrogen-bond donors (Lipinski definition) is 3. The molecule has 0 bridgehead atoms. The molecule has 80 valence electrons. The number of rotatable bonds is 6. The highest BCUT2D eigenvalue weighted by molar-refractivity contribution is 5.83. The lowest BCUT2D eigenvalue weighted by atomic mass is 10.2. The highest BCUT2D eigenvalue weighted by Crippen LogP contribution is 1.88. The molecule has 0 aliphatic carbocycles. The van der Waals surface area contributed by atoms with Crippen LogP contribution in [0.4, 0.5) is 4.79 Å². The zero-order chi connectivity index (χ0) is 11.0. The second-order valence-corrected chi connectivity index (χ2v) is 2.84. The number of primary amides is 1. The fourth-order valence-electron chi connectivity index (χ4n) is 0.766. The minimum atomic E-state index is -0.622. The third kappa shape index (κ3) is 8.51. The largest absolute Gasteiger partial charge is 0.354 e. The highest BCUT2D eigenvalue weighted by Gasteiger charge is 2.02. The van der Waals surface area contributed by atoms with Crippen molar-refractivity contribution in [3.8, 4) is 0 Å². The fraction of sp³-hybridized carbons (Fsp3) is 0.625. The van der Waals surface area contributed by atoms with E-state index in [0.29, 0.717) is 13.1 Å². The first-order chi connectivity index (χ1) is 6.52. The number of carbonyl (C=O) groups excluding carboxylic acids is 3. The average molecular weight is 201 g/mol. The van der Waals surface area contributed by atoms with Gasteiger partial charge in [0.05, 0.1) is 0 Å². The smallest absolute Gasteiger partial charge is 0.312 e. The predicted octanol–water partition coefficient (Wildman–Crippen LogP) is -0.860. The number of urea groups is 1. The Labute approximate surface area is 82.2 Å². The van der Waals surface area contributed by atoms with Gasteiger partial charge in [-0.1, -0.05) is 0 Å². The first-order valence-electron chi connectivity index (χ1n) is 4.32. The van der Waals surface area contributed by atoms with Gasteiger partial charge in [0.25, 0.3) is 0 Å². The molecule has 14 heavy (non-hydrogen) atoms. The van der Waals surface area contributed by atoms with Gasteiger partial charge in [0, 0.05) is 25.9 Å². The van der Waals surface area contributed by atoms with Crippen LogP contribution in [0.25, 0.3) is 0 Å². The molecule has 6 heteroatoms. The van der Waals surface area contributed by atoms with Gasteiger partial charge in [0.2, 0.25) is 5.91 Å². The number of ketones is 1. The van der Waals surface area contributed by atoms with Gasteiger partial charge in [-0.3, -0.25) is 4.79 Å². The number of amides is 3. The zero-order valence-electron chi connectivity index (χ0n) is 8.13. The van der Waals surface area contributed by atoms with Gasteiger partial charge in [-0.15, -0.1) is 0 Å². The molecule has 0 rings (SSSR count). The number of carbonyl (C=O) groups is 3. The minimum absolute atomic E-state index is 0.0181. The van der Waals surface area contributed by atoms with Crippen LogP contribution in [-0.4, -0.2) is 30.8 Å². The summed E-state index contributed by atoms with van der Waals surface area (Å²) in [5, 5.41) is 4.85. The van der Waals surface area contributed by atoms with Crippen molar-refractivity contribution in [1.82, 2.24) is 10.6 Å². The van der Waals surface area contributed by atoms with Crippen molar-refractivity contribution in [2.75, 3.05) is 13.1 Å². The van der Waals surface area contributed by atoms with Crippen molar-refractivity contribution in [1.29, 1.82) is 0 Å². The van der Waals surface area contributed by atoms with E-state index in [1.807, 2.05) is 0 Å². The van der Waals surface area contributed by atoms with Gasteiger partial charge in [-0.25, -0.2) is 4.79 Å². The number of nitrogens with two attached hydrogens (primary N) is 1. The summed E-state index contributed by atoms with van der Waals surface area (Å²) in [7, 11) is 0. The van der Waals surface area contributed by atoms with E-state index in [2.05, 4.69) is 10.6 Å². The lowest BCUT2D eigenvalue weighted by molar-refractivity contribution is -0.124. The summed E-state index contributed by atoms with van der Waals surface area (Å²) in [6.07, 6.45) is 0.432. The van der Waals surface area contributed by atoms with Gasteiger partial charge >= 0.3 is 6.03 Å². The second kappa shape index (κ2) is 6.88. The van der Waals surface area contributed by atoms with Crippen molar-refractivity contribution < 1.29 is 14.4 Å². The molecule has 0 aliphatic rings. The van der Waals surface area contributed by atoms with Crippen LogP contribution in [0, 0.1) is 0 Å². The van der Waals surface area contributed by atoms with Crippen LogP contribution < -0.4 is 16.4 Å². The molecule has 6 nitrogen and oxygen atoms in total. The quantitative estimate of drug-likeness (QED) is 0.487. The van der Waals surface area contributed by atoms with E-state index in [-0.39, 0.29) is 24.5 Å². The molecule has 0 fully saturated rings. The molecule has 0 unspecified atom stereocenters. The van der Waals surface area contributed by atoms with Crippen molar-refractivity contribution in [3.63, 3.8) is 0 Å². The summed E-state index contributed by atoms with van der Waals surface area (Å²) in [6.45, 7) is 2.04. The molecule has 0 saturated carbocycles. The number of hydrogen-bond acceptors (Lipinski definition) is 3. The van der Waals surface area contributed by atoms with Crippen LogP contribution in [0.3, 0.4) is 0 Å². The van der Waals surface area contributed by atoms with Gasteiger partial charge in [-0.05, 0) is 6.92 Å². The van der Waals surface area contributed by atoms with Crippen molar-refractivity contribution in [2.24, 2.45) is 5.73 Å². The number of Topliss-reactive ketones (excluding diaryl/α,β-unsaturated/α-hetero) is 1. The maximum atomic E-state index is 11.0. The van der Waals surface area contributed by atoms with E-state index in [1.54, 1.807) is 0 Å². The molecule has 0 heterocycles. The highest BCUT2D eigenvalue weighted by atomic mass is 16.2. The van der Waals surface area contributed by atoms with E-state index in [1.165, 1.54) is 6.92 Å². The molecule has 0 aromatic carbocycles. The van der Waals surface area contributed by atoms with Crippen LogP contribution in [0.1, 0.15) is 19.8 Å². The Morgan fingerprint density at radius 2 is 1.64 bits per heavy atom. The van der Waals surface area contributed by atoms with Crippen LogP contribution in [0.2, 0.25) is 0 Å². The van der Waals surface area contributed by atoms with E-state index >= 15 is 0 Å². The third-order valence-corrected chi connectivity index (χ3v) is 1.45. The zero-order valence-corrected chi connectivity index (χ0v) is 8.13. The molecule has 3 amide bonds. The molecular weight excluding hydrogens is 186 g/mol. The van der Waals surface area contributed by atoms with E-state index in [0.717, 1.165) is 0 Å². The van der Waals surface area contributed by atoms with Crippen LogP contribution in [-0.2, 0) is 9.59 Å². The molecule has 0 aromatic heterocycles. The average Bonchev–Trinajstić information content (AvgIpc) is 2.08. The summed E-state index contributed by atoms with van der Waals surface area (Å²) < 4.78 is 0. The molecule has 4 N–H and O–H groups in total. The summed E-state index contributed by atoms with van der Waals surface area (Å²) in [5.74, 6) is -0.220. The van der Waals surface area contributed by atoms with E-state index in [9.17, 15) is 14.4 Å². The SMILES string of the molecule is CC(=O)CCC(=O)NCCNC(N)=O. The summed E-state index contributed by atoms with van der Waals surface area (Å²) in [5.41, 5.74) is 4.80. The van der Waals surface area contributed by atoms with Crippen LogP contribution in [0.15, 0.2) is 0 Å². The monoisotopic (exact) mass is 201 g/mol. The summed E-state index contributed by atoms with van der Waals surface area (Å²) in [4.78, 5) is 31.7. The van der Waals surface area contributed by atoms with Crippen molar-refractivity contribution >= 4 is 17.7 Å². The van der Waals surface area contributed by atoms with Crippen LogP contribution >= 0.6 is 0 Å². The predicted molar refractivity (Wildman–Crippen MR) is 50.5 cm³/mol. The molecule has 0 atom stereocenters. The van der Waals surface area contributed by atoms with Gasteiger partial charge < -0.3 is 21.2 Å². The van der Waals surface area contributed by atoms with Crippen LogP contribution in [0.5, 0.6) is 0 Å². The van der Waals surface area contributed by atoms with E-state index < -0.39 is 6.03 Å². The molecule has 0 radical (unpaired) electrons. The normalized spacial score (nSPS) is 9.21. The Bertz CT molecular complexity index is 228. The third-order valence-electron chi connectivity index (χ3n) is 1.45. The van der Waals surface area contributed by atoms with Gasteiger partial charge in [-0.2, -0.15) is 0 Å². The first kappa shape index (κ1) is 12.4. The fourth-order valence-corrected chi connectivity index (χ4v) is 0.766. The lowest BCUT2D eigenvalue weighted by Crippen LogP contribution is -2.37. The summed E-state index contributed by atoms with van der Waals surface area (Å²) in [6, 6.07) is -0.622. The Morgan fingerprint density at radius 1 is 1.07 bits per heavy atom. The molecule has 0 aliphatic heterocycles. The Hall–Kier alpha value is -1.59. The Kier molecular flexibility index (Phi) is 6.09. The maximum absolute atomic E-state index is 11.0. The van der Waals surface area contributed by atoms with Crippen molar-refractivity contribution in [2.45, 2.75) is 19.8 Å². The van der Waals surface area contributed by atoms with Crippen molar-refractivity contribution in [3.05, 3.63) is 0 Å². The molecule has 0 saturated heterocycles. The van der Waals surface area contributed by atoms with Gasteiger partial charge in [0.15, 0.2) is 0 Å². The second-order valence-electron chi connectivity index (χ2n) is 2.84. The Morgan fingerprint density at radius 3 is 2.14 bits per heavy atom. The van der Waals surface area contributed by atoms with E-state index in [4.69, 9.17) is 5.73 Å².